The van der Waals surface area contributed by atoms with Crippen LogP contribution in [0.2, 0.25) is 0 Å². The number of hydrogen-bond donors (Lipinski definition) is 1. The smallest absolute Gasteiger partial charge is 0.157 e. The van der Waals surface area contributed by atoms with Crippen LogP contribution in [0.3, 0.4) is 0 Å². The topological polar surface area (TPSA) is 57.2 Å². The summed E-state index contributed by atoms with van der Waals surface area (Å²) in [6, 6.07) is 7.83. The highest BCUT2D eigenvalue weighted by molar-refractivity contribution is 5.27. The molecule has 0 amide bonds. The van der Waals surface area contributed by atoms with Crippen molar-refractivity contribution in [2.24, 2.45) is 10.8 Å². The van der Waals surface area contributed by atoms with Gasteiger partial charge < -0.3 is 24.1 Å². The Bertz CT molecular complexity index is 564. The molecule has 0 spiro atoms. The van der Waals surface area contributed by atoms with Crippen LogP contribution in [0.4, 0.5) is 0 Å². The Kier molecular flexibility index (Phi) is 8.10. The van der Waals surface area contributed by atoms with Crippen molar-refractivity contribution in [3.63, 3.8) is 0 Å². The van der Waals surface area contributed by atoms with Crippen molar-refractivity contribution in [1.29, 1.82) is 0 Å². The van der Waals surface area contributed by atoms with E-state index in [0.717, 1.165) is 37.2 Å². The molecule has 1 heterocycles. The van der Waals surface area contributed by atoms with E-state index in [4.69, 9.17) is 18.9 Å². The summed E-state index contributed by atoms with van der Waals surface area (Å²) in [4.78, 5) is 0. The van der Waals surface area contributed by atoms with E-state index >= 15 is 0 Å². The molecule has 1 saturated heterocycles. The van der Waals surface area contributed by atoms with E-state index in [2.05, 4.69) is 0 Å². The fourth-order valence-electron chi connectivity index (χ4n) is 3.56. The van der Waals surface area contributed by atoms with E-state index in [0.29, 0.717) is 19.8 Å². The van der Waals surface area contributed by atoms with Gasteiger partial charge in [-0.1, -0.05) is 39.8 Å². The molecule has 1 fully saturated rings. The Morgan fingerprint density at radius 1 is 1.15 bits per heavy atom. The van der Waals surface area contributed by atoms with Gasteiger partial charge in [-0.15, -0.1) is 0 Å². The number of hydrogen-bond acceptors (Lipinski definition) is 5. The molecule has 1 N–H and O–H groups in total. The van der Waals surface area contributed by atoms with Crippen LogP contribution < -0.4 is 4.74 Å². The summed E-state index contributed by atoms with van der Waals surface area (Å²) in [5.41, 5.74) is 0.250. The number of rotatable bonds is 10. The summed E-state index contributed by atoms with van der Waals surface area (Å²) in [5, 5.41) is 11.0. The molecule has 2 atom stereocenters. The Labute approximate surface area is 164 Å². The van der Waals surface area contributed by atoms with Crippen molar-refractivity contribution in [3.05, 3.63) is 29.8 Å². The van der Waals surface area contributed by atoms with Crippen molar-refractivity contribution >= 4 is 0 Å². The minimum atomic E-state index is -0.570. The summed E-state index contributed by atoms with van der Waals surface area (Å²) >= 11 is 0. The first-order valence-electron chi connectivity index (χ1n) is 9.86. The molecule has 5 heteroatoms. The summed E-state index contributed by atoms with van der Waals surface area (Å²) in [6.45, 7) is 10.3. The number of aliphatic hydroxyl groups excluding tert-OH is 1. The van der Waals surface area contributed by atoms with Crippen LogP contribution in [-0.4, -0.2) is 44.4 Å². The van der Waals surface area contributed by atoms with Crippen LogP contribution >= 0.6 is 0 Å². The summed E-state index contributed by atoms with van der Waals surface area (Å²) in [5.74, 6) is 0.818. The Hall–Kier alpha value is -1.14. The molecule has 1 aliphatic rings. The van der Waals surface area contributed by atoms with Gasteiger partial charge in [0.1, 0.15) is 5.75 Å². The maximum atomic E-state index is 11.0. The quantitative estimate of drug-likeness (QED) is 0.660. The zero-order chi connectivity index (χ0) is 19.9. The molecular weight excluding hydrogens is 344 g/mol. The number of aliphatic hydroxyl groups is 1. The molecule has 1 aromatic rings. The van der Waals surface area contributed by atoms with E-state index in [1.54, 1.807) is 7.11 Å². The van der Waals surface area contributed by atoms with Crippen LogP contribution in [0.25, 0.3) is 0 Å². The van der Waals surface area contributed by atoms with Gasteiger partial charge in [0, 0.05) is 17.4 Å². The van der Waals surface area contributed by atoms with Gasteiger partial charge in [0.05, 0.1) is 33.0 Å². The van der Waals surface area contributed by atoms with Crippen molar-refractivity contribution < 1.29 is 24.1 Å². The van der Waals surface area contributed by atoms with E-state index in [-0.39, 0.29) is 6.29 Å². The van der Waals surface area contributed by atoms with E-state index in [1.165, 1.54) is 0 Å². The molecule has 2 unspecified atom stereocenters. The fourth-order valence-corrected chi connectivity index (χ4v) is 3.56. The minimum absolute atomic E-state index is 0.141. The van der Waals surface area contributed by atoms with Crippen molar-refractivity contribution in [2.45, 2.75) is 66.0 Å². The third-order valence-corrected chi connectivity index (χ3v) is 5.14. The summed E-state index contributed by atoms with van der Waals surface area (Å²) in [6.07, 6.45) is 2.46. The number of methoxy groups -OCH3 is 1. The highest BCUT2D eigenvalue weighted by Crippen LogP contribution is 2.35. The molecule has 1 aromatic carbocycles. The first-order valence-corrected chi connectivity index (χ1v) is 9.86. The molecule has 0 saturated carbocycles. The van der Waals surface area contributed by atoms with Crippen LogP contribution in [0.15, 0.2) is 24.3 Å². The van der Waals surface area contributed by atoms with Crippen molar-refractivity contribution in [2.75, 3.05) is 26.9 Å². The predicted octanol–water partition coefficient (Wildman–Crippen LogP) is 4.17. The normalized spacial score (nSPS) is 19.7. The maximum absolute atomic E-state index is 11.0. The lowest BCUT2D eigenvalue weighted by atomic mass is 9.73. The van der Waals surface area contributed by atoms with Crippen LogP contribution in [0.5, 0.6) is 5.75 Å². The molecule has 0 radical (unpaired) electrons. The van der Waals surface area contributed by atoms with Gasteiger partial charge in [-0.25, -0.2) is 0 Å². The standard InChI is InChI=1S/C22H36O5/c1-21(2,15-25-14-17-9-8-10-18(13-17)24-5)20(23)22(3,4)16-27-19-11-6-7-12-26-19/h8-10,13,19-20,23H,6-7,11-12,14-16H2,1-5H3. The van der Waals surface area contributed by atoms with Crippen molar-refractivity contribution in [3.8, 4) is 5.75 Å². The molecular formula is C22H36O5. The van der Waals surface area contributed by atoms with Gasteiger partial charge in [0.15, 0.2) is 6.29 Å². The predicted molar refractivity (Wildman–Crippen MR) is 106 cm³/mol. The van der Waals surface area contributed by atoms with Gasteiger partial charge in [0.2, 0.25) is 0 Å². The molecule has 154 valence electrons. The second-order valence-corrected chi connectivity index (χ2v) is 8.83. The molecule has 0 aliphatic carbocycles. The van der Waals surface area contributed by atoms with E-state index in [9.17, 15) is 5.11 Å². The van der Waals surface area contributed by atoms with Gasteiger partial charge in [-0.05, 0) is 37.0 Å². The average Bonchev–Trinajstić information content (AvgIpc) is 2.66. The van der Waals surface area contributed by atoms with Gasteiger partial charge in [-0.2, -0.15) is 0 Å². The van der Waals surface area contributed by atoms with Gasteiger partial charge in [-0.3, -0.25) is 0 Å². The zero-order valence-corrected chi connectivity index (χ0v) is 17.5. The summed E-state index contributed by atoms with van der Waals surface area (Å²) < 4.78 is 22.7. The maximum Gasteiger partial charge on any atom is 0.157 e. The lowest BCUT2D eigenvalue weighted by Crippen LogP contribution is -2.47. The minimum Gasteiger partial charge on any atom is -0.497 e. The molecule has 27 heavy (non-hydrogen) atoms. The first-order chi connectivity index (χ1) is 12.7. The molecule has 0 aromatic heterocycles. The lowest BCUT2D eigenvalue weighted by Gasteiger charge is -2.41. The highest BCUT2D eigenvalue weighted by atomic mass is 16.7. The Morgan fingerprint density at radius 2 is 1.89 bits per heavy atom. The molecule has 0 bridgehead atoms. The lowest BCUT2D eigenvalue weighted by molar-refractivity contribution is -0.194. The molecule has 1 aliphatic heterocycles. The van der Waals surface area contributed by atoms with Gasteiger partial charge >= 0.3 is 0 Å². The molecule has 5 nitrogen and oxygen atoms in total. The van der Waals surface area contributed by atoms with Crippen LogP contribution in [0, 0.1) is 10.8 Å². The molecule has 2 rings (SSSR count). The van der Waals surface area contributed by atoms with E-state index in [1.807, 2.05) is 52.0 Å². The van der Waals surface area contributed by atoms with Crippen molar-refractivity contribution in [1.82, 2.24) is 0 Å². The monoisotopic (exact) mass is 380 g/mol. The van der Waals surface area contributed by atoms with E-state index < -0.39 is 16.9 Å². The number of benzene rings is 1. The zero-order valence-electron chi connectivity index (χ0n) is 17.5. The van der Waals surface area contributed by atoms with Crippen LogP contribution in [0.1, 0.15) is 52.5 Å². The second-order valence-electron chi connectivity index (χ2n) is 8.83. The largest absolute Gasteiger partial charge is 0.497 e. The third kappa shape index (κ3) is 6.75. The SMILES string of the molecule is COc1cccc(COCC(C)(C)C(O)C(C)(C)COC2CCCCO2)c1. The average molecular weight is 381 g/mol. The Balaban J connectivity index is 1.83. The fraction of sp³-hybridized carbons (Fsp3) is 0.727. The Morgan fingerprint density at radius 3 is 2.56 bits per heavy atom. The second kappa shape index (κ2) is 9.87. The first kappa shape index (κ1) is 22.2. The third-order valence-electron chi connectivity index (χ3n) is 5.14. The summed E-state index contributed by atoms with van der Waals surface area (Å²) in [7, 11) is 1.65. The number of ether oxygens (including phenoxy) is 4. The van der Waals surface area contributed by atoms with Gasteiger partial charge in [0.25, 0.3) is 0 Å². The highest BCUT2D eigenvalue weighted by Gasteiger charge is 2.40. The van der Waals surface area contributed by atoms with Crippen LogP contribution in [-0.2, 0) is 20.8 Å².